The second-order valence-electron chi connectivity index (χ2n) is 2.92. The third-order valence-corrected chi connectivity index (χ3v) is 3.18. The molecule has 0 radical (unpaired) electrons. The van der Waals surface area contributed by atoms with Crippen molar-refractivity contribution in [1.29, 1.82) is 0 Å². The molecule has 1 nitrogen and oxygen atoms in total. The Kier molecular flexibility index (Phi) is 3.53. The molecular weight excluding hydrogens is 246 g/mol. The molecule has 1 aromatic heterocycles. The third kappa shape index (κ3) is 2.66. The van der Waals surface area contributed by atoms with Crippen LogP contribution < -0.4 is 0 Å². The number of nitrogens with zero attached hydrogens (tertiary/aromatic N) is 1. The molecule has 0 bridgehead atoms. The van der Waals surface area contributed by atoms with Crippen molar-refractivity contribution in [1.82, 2.24) is 4.98 Å². The van der Waals surface area contributed by atoms with E-state index in [9.17, 15) is 0 Å². The smallest absolute Gasteiger partial charge is 0.184 e. The number of halogens is 1. The van der Waals surface area contributed by atoms with Gasteiger partial charge >= 0.3 is 0 Å². The van der Waals surface area contributed by atoms with Crippen LogP contribution in [0, 0.1) is 11.8 Å². The standard InChI is InChI=1S/C11H8ClNS2/c12-11-13-9-5-4-8(3-1-2-6-14)7-10(9)15-11/h4-5,7,14H,2,6H2. The fourth-order valence-corrected chi connectivity index (χ4v) is 2.38. The molecule has 0 N–H and O–H groups in total. The highest BCUT2D eigenvalue weighted by molar-refractivity contribution is 7.80. The van der Waals surface area contributed by atoms with E-state index in [0.717, 1.165) is 28.0 Å². The van der Waals surface area contributed by atoms with E-state index in [-0.39, 0.29) is 0 Å². The lowest BCUT2D eigenvalue weighted by Crippen LogP contribution is -1.74. The van der Waals surface area contributed by atoms with Crippen LogP contribution in [0.1, 0.15) is 12.0 Å². The van der Waals surface area contributed by atoms with E-state index < -0.39 is 0 Å². The van der Waals surface area contributed by atoms with Crippen LogP contribution in [0.5, 0.6) is 0 Å². The third-order valence-electron chi connectivity index (χ3n) is 1.83. The molecule has 1 heterocycles. The van der Waals surface area contributed by atoms with Crippen LogP contribution in [0.4, 0.5) is 0 Å². The first-order valence-corrected chi connectivity index (χ1v) is 6.28. The molecule has 2 aromatic rings. The first kappa shape index (κ1) is 10.8. The van der Waals surface area contributed by atoms with E-state index in [1.807, 2.05) is 18.2 Å². The lowest BCUT2D eigenvalue weighted by Gasteiger charge is -1.89. The Morgan fingerprint density at radius 3 is 3.13 bits per heavy atom. The minimum Gasteiger partial charge on any atom is -0.225 e. The van der Waals surface area contributed by atoms with Crippen molar-refractivity contribution in [3.8, 4) is 11.8 Å². The lowest BCUT2D eigenvalue weighted by molar-refractivity contribution is 1.31. The van der Waals surface area contributed by atoms with Gasteiger partial charge in [-0.3, -0.25) is 0 Å². The summed E-state index contributed by atoms with van der Waals surface area (Å²) >= 11 is 11.4. The van der Waals surface area contributed by atoms with E-state index in [1.165, 1.54) is 11.3 Å². The fourth-order valence-electron chi connectivity index (χ4n) is 1.19. The van der Waals surface area contributed by atoms with E-state index in [1.54, 1.807) is 0 Å². The summed E-state index contributed by atoms with van der Waals surface area (Å²) < 4.78 is 1.66. The molecule has 2 rings (SSSR count). The predicted octanol–water partition coefficient (Wildman–Crippen LogP) is 3.62. The fraction of sp³-hybridized carbons (Fsp3) is 0.182. The molecule has 0 spiro atoms. The number of thiol groups is 1. The summed E-state index contributed by atoms with van der Waals surface area (Å²) in [4.78, 5) is 4.17. The van der Waals surface area contributed by atoms with Crippen molar-refractivity contribution in [3.05, 3.63) is 28.2 Å². The van der Waals surface area contributed by atoms with E-state index >= 15 is 0 Å². The van der Waals surface area contributed by atoms with Crippen molar-refractivity contribution in [2.45, 2.75) is 6.42 Å². The zero-order valence-corrected chi connectivity index (χ0v) is 10.3. The first-order chi connectivity index (χ1) is 7.29. The quantitative estimate of drug-likeness (QED) is 0.605. The molecule has 0 fully saturated rings. The van der Waals surface area contributed by atoms with Crippen LogP contribution in [-0.4, -0.2) is 10.7 Å². The van der Waals surface area contributed by atoms with Crippen LogP contribution in [0.15, 0.2) is 18.2 Å². The van der Waals surface area contributed by atoms with Gasteiger partial charge in [-0.15, -0.1) is 11.3 Å². The summed E-state index contributed by atoms with van der Waals surface area (Å²) in [5, 5.41) is 0. The number of rotatable bonds is 1. The minimum absolute atomic E-state index is 0.575. The second-order valence-corrected chi connectivity index (χ2v) is 4.98. The van der Waals surface area contributed by atoms with Crippen molar-refractivity contribution in [2.75, 3.05) is 5.75 Å². The molecule has 0 aliphatic rings. The van der Waals surface area contributed by atoms with Crippen LogP contribution in [0.25, 0.3) is 10.2 Å². The van der Waals surface area contributed by atoms with E-state index in [0.29, 0.717) is 4.47 Å². The summed E-state index contributed by atoms with van der Waals surface area (Å²) in [6, 6.07) is 5.93. The summed E-state index contributed by atoms with van der Waals surface area (Å²) in [6.07, 6.45) is 0.810. The van der Waals surface area contributed by atoms with Crippen LogP contribution in [-0.2, 0) is 0 Å². The number of hydrogen-bond acceptors (Lipinski definition) is 3. The highest BCUT2D eigenvalue weighted by atomic mass is 35.5. The molecule has 0 atom stereocenters. The van der Waals surface area contributed by atoms with Gasteiger partial charge in [0.05, 0.1) is 10.2 Å². The predicted molar refractivity (Wildman–Crippen MR) is 70.0 cm³/mol. The highest BCUT2D eigenvalue weighted by Crippen LogP contribution is 2.26. The number of benzene rings is 1. The largest absolute Gasteiger partial charge is 0.225 e. The van der Waals surface area contributed by atoms with Crippen LogP contribution >= 0.6 is 35.6 Å². The summed E-state index contributed by atoms with van der Waals surface area (Å²) in [5.41, 5.74) is 1.94. The molecule has 0 aliphatic carbocycles. The summed E-state index contributed by atoms with van der Waals surface area (Å²) in [5.74, 6) is 6.92. The summed E-state index contributed by atoms with van der Waals surface area (Å²) in [6.45, 7) is 0. The van der Waals surface area contributed by atoms with Gasteiger partial charge < -0.3 is 0 Å². The van der Waals surface area contributed by atoms with Crippen molar-refractivity contribution >= 4 is 45.8 Å². The maximum atomic E-state index is 5.82. The molecule has 15 heavy (non-hydrogen) atoms. The van der Waals surface area contributed by atoms with Gasteiger partial charge in [0.25, 0.3) is 0 Å². The number of fused-ring (bicyclic) bond motifs is 1. The molecule has 0 saturated heterocycles. The Labute approximate surface area is 103 Å². The van der Waals surface area contributed by atoms with E-state index in [2.05, 4.69) is 29.5 Å². The van der Waals surface area contributed by atoms with Gasteiger partial charge in [-0.1, -0.05) is 23.4 Å². The molecule has 76 valence electrons. The Morgan fingerprint density at radius 2 is 2.33 bits per heavy atom. The zero-order valence-electron chi connectivity index (χ0n) is 7.83. The van der Waals surface area contributed by atoms with Gasteiger partial charge in [0, 0.05) is 17.7 Å². The second kappa shape index (κ2) is 4.89. The maximum Gasteiger partial charge on any atom is 0.184 e. The Hall–Kier alpha value is -0.690. The average Bonchev–Trinajstić information content (AvgIpc) is 2.57. The van der Waals surface area contributed by atoms with Crippen LogP contribution in [0.3, 0.4) is 0 Å². The SMILES string of the molecule is SCCC#Cc1ccc2nc(Cl)sc2c1. The zero-order chi connectivity index (χ0) is 10.7. The first-order valence-electron chi connectivity index (χ1n) is 4.45. The van der Waals surface area contributed by atoms with Gasteiger partial charge in [-0.25, -0.2) is 4.98 Å². The number of aromatic nitrogens is 1. The van der Waals surface area contributed by atoms with E-state index in [4.69, 9.17) is 11.6 Å². The monoisotopic (exact) mass is 253 g/mol. The van der Waals surface area contributed by atoms with Crippen molar-refractivity contribution < 1.29 is 0 Å². The van der Waals surface area contributed by atoms with Crippen molar-refractivity contribution in [2.24, 2.45) is 0 Å². The van der Waals surface area contributed by atoms with Gasteiger partial charge in [0.2, 0.25) is 0 Å². The van der Waals surface area contributed by atoms with Gasteiger partial charge in [-0.05, 0) is 18.2 Å². The summed E-state index contributed by atoms with van der Waals surface area (Å²) in [7, 11) is 0. The van der Waals surface area contributed by atoms with Gasteiger partial charge in [0.1, 0.15) is 0 Å². The van der Waals surface area contributed by atoms with Crippen LogP contribution in [0.2, 0.25) is 4.47 Å². The van der Waals surface area contributed by atoms with Crippen molar-refractivity contribution in [3.63, 3.8) is 0 Å². The molecule has 0 unspecified atom stereocenters. The normalized spacial score (nSPS) is 10.0. The molecule has 0 saturated carbocycles. The topological polar surface area (TPSA) is 12.9 Å². The number of thiazole rings is 1. The molecular formula is C11H8ClNS2. The van der Waals surface area contributed by atoms with Gasteiger partial charge in [-0.2, -0.15) is 12.6 Å². The lowest BCUT2D eigenvalue weighted by atomic mass is 10.2. The molecule has 0 aliphatic heterocycles. The molecule has 1 aromatic carbocycles. The number of hydrogen-bond donors (Lipinski definition) is 1. The molecule has 0 amide bonds. The maximum absolute atomic E-state index is 5.82. The van der Waals surface area contributed by atoms with Gasteiger partial charge in [0.15, 0.2) is 4.47 Å². The minimum atomic E-state index is 0.575. The molecule has 4 heteroatoms. The Morgan fingerprint density at radius 1 is 1.47 bits per heavy atom. The Bertz CT molecular complexity index is 536. The highest BCUT2D eigenvalue weighted by Gasteiger charge is 2.00. The Balaban J connectivity index is 2.35. The average molecular weight is 254 g/mol.